The molecule has 0 radical (unpaired) electrons. The number of halogens is 4. The lowest BCUT2D eigenvalue weighted by Gasteiger charge is -2.08. The van der Waals surface area contributed by atoms with Gasteiger partial charge in [0.2, 0.25) is 0 Å². The first kappa shape index (κ1) is 23.0. The largest absolute Gasteiger partial charge is 0.741 e. The molecule has 2 aromatic carbocycles. The highest BCUT2D eigenvalue weighted by Gasteiger charge is 2.36. The molecule has 3 rings (SSSR count). The van der Waals surface area contributed by atoms with Gasteiger partial charge >= 0.3 is 5.51 Å². The molecule has 1 heterocycles. The van der Waals surface area contributed by atoms with Crippen LogP contribution >= 0.6 is 15.9 Å². The SMILES string of the molecule is Brc1cccc(C(=C[S+]2CCCC2)c2ccccc2)c1.O=S(=O)([O-])C(F)(F)F. The molecule has 0 aliphatic carbocycles. The highest BCUT2D eigenvalue weighted by Crippen LogP contribution is 2.29. The third kappa shape index (κ3) is 6.95. The maximum atomic E-state index is 10.7. The Morgan fingerprint density at radius 1 is 1.00 bits per heavy atom. The molecule has 0 N–H and O–H groups in total. The maximum Gasteiger partial charge on any atom is 0.485 e. The number of hydrogen-bond acceptors (Lipinski definition) is 3. The molecular formula is C19H18BrF3O3S2. The molecule has 0 unspecified atom stereocenters. The van der Waals surface area contributed by atoms with Crippen LogP contribution in [-0.2, 0) is 21.0 Å². The van der Waals surface area contributed by atoms with Gasteiger partial charge in [0.15, 0.2) is 10.1 Å². The van der Waals surface area contributed by atoms with E-state index < -0.39 is 15.6 Å². The van der Waals surface area contributed by atoms with E-state index >= 15 is 0 Å². The number of hydrogen-bond donors (Lipinski definition) is 0. The Morgan fingerprint density at radius 2 is 1.54 bits per heavy atom. The highest BCUT2D eigenvalue weighted by molar-refractivity contribution is 9.10. The third-order valence-corrected chi connectivity index (χ3v) is 7.11. The van der Waals surface area contributed by atoms with Crippen molar-refractivity contribution in [3.8, 4) is 0 Å². The van der Waals surface area contributed by atoms with Gasteiger partial charge in [-0.3, -0.25) is 0 Å². The number of benzene rings is 2. The molecule has 0 bridgehead atoms. The van der Waals surface area contributed by atoms with Crippen LogP contribution in [0.3, 0.4) is 0 Å². The van der Waals surface area contributed by atoms with E-state index in [1.54, 1.807) is 0 Å². The van der Waals surface area contributed by atoms with E-state index in [2.05, 4.69) is 75.9 Å². The van der Waals surface area contributed by atoms with Crippen LogP contribution in [0.5, 0.6) is 0 Å². The summed E-state index contributed by atoms with van der Waals surface area (Å²) in [4.78, 5) is 0. The Hall–Kier alpha value is -1.29. The van der Waals surface area contributed by atoms with Gasteiger partial charge < -0.3 is 4.55 Å². The van der Waals surface area contributed by atoms with Gasteiger partial charge in [-0.05, 0) is 36.1 Å². The minimum Gasteiger partial charge on any atom is -0.741 e. The van der Waals surface area contributed by atoms with Crippen molar-refractivity contribution >= 4 is 42.5 Å². The second-order valence-electron chi connectivity index (χ2n) is 5.96. The molecule has 0 amide bonds. The van der Waals surface area contributed by atoms with Crippen LogP contribution in [0.1, 0.15) is 24.0 Å². The fraction of sp³-hybridized carbons (Fsp3) is 0.263. The number of alkyl halides is 3. The van der Waals surface area contributed by atoms with Gasteiger partial charge in [-0.2, -0.15) is 13.2 Å². The zero-order valence-electron chi connectivity index (χ0n) is 14.7. The van der Waals surface area contributed by atoms with E-state index in [-0.39, 0.29) is 0 Å². The molecule has 2 aromatic rings. The highest BCUT2D eigenvalue weighted by atomic mass is 79.9. The second kappa shape index (κ2) is 9.96. The molecule has 3 nitrogen and oxygen atoms in total. The van der Waals surface area contributed by atoms with Gasteiger partial charge in [0, 0.05) is 20.9 Å². The second-order valence-corrected chi connectivity index (χ2v) is 10.4. The summed E-state index contributed by atoms with van der Waals surface area (Å²) in [7, 11) is -5.63. The van der Waals surface area contributed by atoms with Crippen molar-refractivity contribution in [2.75, 3.05) is 11.5 Å². The van der Waals surface area contributed by atoms with E-state index in [4.69, 9.17) is 13.0 Å². The predicted octanol–water partition coefficient (Wildman–Crippen LogP) is 5.30. The van der Waals surface area contributed by atoms with Crippen molar-refractivity contribution < 1.29 is 26.1 Å². The summed E-state index contributed by atoms with van der Waals surface area (Å²) < 4.78 is 60.0. The Kier molecular flexibility index (Phi) is 8.18. The van der Waals surface area contributed by atoms with Gasteiger partial charge in [-0.15, -0.1) is 0 Å². The van der Waals surface area contributed by atoms with E-state index in [1.165, 1.54) is 41.0 Å². The average Bonchev–Trinajstić information content (AvgIpc) is 3.12. The lowest BCUT2D eigenvalue weighted by molar-refractivity contribution is -0.0517. The molecule has 0 atom stereocenters. The molecule has 1 saturated heterocycles. The molecule has 152 valence electrons. The van der Waals surface area contributed by atoms with Gasteiger partial charge in [0.05, 0.1) is 0 Å². The molecule has 28 heavy (non-hydrogen) atoms. The van der Waals surface area contributed by atoms with E-state index in [9.17, 15) is 13.2 Å². The van der Waals surface area contributed by atoms with Crippen molar-refractivity contribution in [2.24, 2.45) is 0 Å². The summed E-state index contributed by atoms with van der Waals surface area (Å²) >= 11 is 3.59. The van der Waals surface area contributed by atoms with Crippen LogP contribution in [0.4, 0.5) is 13.2 Å². The molecule has 9 heteroatoms. The van der Waals surface area contributed by atoms with E-state index in [1.807, 2.05) is 0 Å². The smallest absolute Gasteiger partial charge is 0.485 e. The van der Waals surface area contributed by atoms with Crippen molar-refractivity contribution in [3.63, 3.8) is 0 Å². The van der Waals surface area contributed by atoms with Gasteiger partial charge in [0.25, 0.3) is 0 Å². The molecule has 1 aliphatic rings. The Balaban J connectivity index is 0.000000300. The topological polar surface area (TPSA) is 57.2 Å². The summed E-state index contributed by atoms with van der Waals surface area (Å²) in [5.74, 6) is 2.73. The Morgan fingerprint density at radius 3 is 2.04 bits per heavy atom. The van der Waals surface area contributed by atoms with Crippen LogP contribution in [0.15, 0.2) is 64.5 Å². The fourth-order valence-electron chi connectivity index (χ4n) is 2.54. The van der Waals surface area contributed by atoms with Gasteiger partial charge in [-0.1, -0.05) is 58.4 Å². The third-order valence-electron chi connectivity index (χ3n) is 3.85. The minimum atomic E-state index is -6.09. The first-order valence-corrected chi connectivity index (χ1v) is 12.1. The fourth-order valence-corrected chi connectivity index (χ4v) is 5.13. The molecule has 0 saturated carbocycles. The maximum absolute atomic E-state index is 10.7. The van der Waals surface area contributed by atoms with Gasteiger partial charge in [0.1, 0.15) is 16.9 Å². The molecule has 1 fully saturated rings. The Bertz CT molecular complexity index is 908. The zero-order valence-corrected chi connectivity index (χ0v) is 17.9. The van der Waals surface area contributed by atoms with Crippen LogP contribution in [0, 0.1) is 0 Å². The lowest BCUT2D eigenvalue weighted by atomic mass is 10.00. The minimum absolute atomic E-state index is 0.458. The molecule has 0 spiro atoms. The summed E-state index contributed by atoms with van der Waals surface area (Å²) in [5.41, 5.74) is -1.63. The van der Waals surface area contributed by atoms with Crippen LogP contribution in [0.2, 0.25) is 0 Å². The van der Waals surface area contributed by atoms with Crippen molar-refractivity contribution in [2.45, 2.75) is 18.3 Å². The van der Waals surface area contributed by atoms with Crippen molar-refractivity contribution in [1.29, 1.82) is 0 Å². The lowest BCUT2D eigenvalue weighted by Crippen LogP contribution is -2.21. The average molecular weight is 495 g/mol. The molecule has 0 aromatic heterocycles. The number of rotatable bonds is 3. The quantitative estimate of drug-likeness (QED) is 0.330. The summed E-state index contributed by atoms with van der Waals surface area (Å²) in [6.07, 6.45) is 2.78. The van der Waals surface area contributed by atoms with Crippen molar-refractivity contribution in [1.82, 2.24) is 0 Å². The van der Waals surface area contributed by atoms with Crippen LogP contribution < -0.4 is 0 Å². The van der Waals surface area contributed by atoms with E-state index in [0.29, 0.717) is 10.9 Å². The monoisotopic (exact) mass is 494 g/mol. The summed E-state index contributed by atoms with van der Waals surface area (Å²) in [6, 6.07) is 19.4. The molecular weight excluding hydrogens is 477 g/mol. The Labute approximate surface area is 173 Å². The summed E-state index contributed by atoms with van der Waals surface area (Å²) in [6.45, 7) is 0. The van der Waals surface area contributed by atoms with Crippen molar-refractivity contribution in [3.05, 3.63) is 75.6 Å². The standard InChI is InChI=1S/C18H18BrS.CHF3O3S/c19-17-10-6-9-16(13-17)18(14-20-11-4-5-12-20)15-7-2-1-3-8-15;2-1(3,4)8(5,6)7/h1-3,6-10,13-14H,4-5,11-12H2;(H,5,6,7)/q+1;/p-1. The van der Waals surface area contributed by atoms with Crippen LogP contribution in [-0.4, -0.2) is 30.0 Å². The predicted molar refractivity (Wildman–Crippen MR) is 110 cm³/mol. The summed E-state index contributed by atoms with van der Waals surface area (Å²) in [5, 5.41) is 2.52. The normalized spacial score (nSPS) is 15.8. The van der Waals surface area contributed by atoms with Gasteiger partial charge in [-0.25, -0.2) is 8.42 Å². The zero-order chi connectivity index (χ0) is 20.8. The first-order chi connectivity index (χ1) is 13.1. The first-order valence-electron chi connectivity index (χ1n) is 8.29. The van der Waals surface area contributed by atoms with E-state index in [0.717, 1.165) is 4.47 Å². The van der Waals surface area contributed by atoms with Crippen LogP contribution in [0.25, 0.3) is 5.57 Å². The molecule has 1 aliphatic heterocycles.